The van der Waals surface area contributed by atoms with E-state index in [9.17, 15) is 17.6 Å². The third kappa shape index (κ3) is 4.84. The molecule has 0 fully saturated rings. The molecule has 1 rings (SSSR count). The molecule has 1 aromatic carbocycles. The Hall–Kier alpha value is -1.06. The highest BCUT2D eigenvalue weighted by Crippen LogP contribution is 2.34. The molecule has 1 atom stereocenters. The highest BCUT2D eigenvalue weighted by Gasteiger charge is 2.34. The van der Waals surface area contributed by atoms with Crippen LogP contribution in [0.2, 0.25) is 0 Å². The first-order valence-corrected chi connectivity index (χ1v) is 6.73. The third-order valence-electron chi connectivity index (χ3n) is 3.36. The van der Waals surface area contributed by atoms with Crippen molar-refractivity contribution in [2.75, 3.05) is 0 Å². The lowest BCUT2D eigenvalue weighted by molar-refractivity contribution is -0.140. The van der Waals surface area contributed by atoms with Gasteiger partial charge in [-0.1, -0.05) is 45.6 Å². The number of rotatable bonds is 6. The molecule has 0 aliphatic rings. The summed E-state index contributed by atoms with van der Waals surface area (Å²) in [5.41, 5.74) is -0.601. The van der Waals surface area contributed by atoms with Crippen molar-refractivity contribution in [3.63, 3.8) is 0 Å². The van der Waals surface area contributed by atoms with Crippen LogP contribution < -0.4 is 0 Å². The van der Waals surface area contributed by atoms with Crippen molar-refractivity contribution in [3.8, 4) is 0 Å². The molecule has 4 heteroatoms. The van der Waals surface area contributed by atoms with Gasteiger partial charge in [0.15, 0.2) is 0 Å². The maximum absolute atomic E-state index is 13.2. The van der Waals surface area contributed by atoms with Crippen LogP contribution in [-0.2, 0) is 6.18 Å². The Morgan fingerprint density at radius 2 is 1.79 bits per heavy atom. The van der Waals surface area contributed by atoms with E-state index in [1.54, 1.807) is 0 Å². The first kappa shape index (κ1) is 16.0. The number of halogens is 4. The molecule has 0 N–H and O–H groups in total. The van der Waals surface area contributed by atoms with Gasteiger partial charge >= 0.3 is 6.18 Å². The second kappa shape index (κ2) is 6.92. The molecule has 0 spiro atoms. The van der Waals surface area contributed by atoms with E-state index < -0.39 is 17.6 Å². The summed E-state index contributed by atoms with van der Waals surface area (Å²) in [5, 5.41) is 0. The van der Waals surface area contributed by atoms with Gasteiger partial charge in [0, 0.05) is 0 Å². The van der Waals surface area contributed by atoms with Crippen LogP contribution in [0.15, 0.2) is 18.2 Å². The van der Waals surface area contributed by atoms with Crippen LogP contribution >= 0.6 is 0 Å². The van der Waals surface area contributed by atoms with Crippen LogP contribution in [0, 0.1) is 5.82 Å². The van der Waals surface area contributed by atoms with Crippen molar-refractivity contribution in [1.29, 1.82) is 0 Å². The molecular weight excluding hydrogens is 256 g/mol. The number of unbranched alkanes of at least 4 members (excludes halogenated alkanes) is 3. The van der Waals surface area contributed by atoms with Gasteiger partial charge in [0.05, 0.1) is 5.56 Å². The van der Waals surface area contributed by atoms with Gasteiger partial charge in [-0.05, 0) is 30.0 Å². The van der Waals surface area contributed by atoms with Crippen LogP contribution in [0.4, 0.5) is 17.6 Å². The molecule has 0 aliphatic heterocycles. The molecule has 0 bridgehead atoms. The van der Waals surface area contributed by atoms with Gasteiger partial charge in [-0.25, -0.2) is 4.39 Å². The Bertz CT molecular complexity index is 396. The fraction of sp³-hybridized carbons (Fsp3) is 0.600. The zero-order chi connectivity index (χ0) is 14.5. The summed E-state index contributed by atoms with van der Waals surface area (Å²) in [4.78, 5) is 0. The predicted molar refractivity (Wildman–Crippen MR) is 68.6 cm³/mol. The number of benzene rings is 1. The SMILES string of the molecule is CCCCCCC(C)c1ccc(F)c(C(F)(F)F)c1. The van der Waals surface area contributed by atoms with Gasteiger partial charge in [-0.3, -0.25) is 0 Å². The van der Waals surface area contributed by atoms with Crippen LogP contribution in [0.5, 0.6) is 0 Å². The smallest absolute Gasteiger partial charge is 0.206 e. The van der Waals surface area contributed by atoms with Crippen molar-refractivity contribution >= 4 is 0 Å². The normalized spacial score (nSPS) is 13.6. The molecule has 1 unspecified atom stereocenters. The second-order valence-corrected chi connectivity index (χ2v) is 4.99. The molecule has 19 heavy (non-hydrogen) atoms. The summed E-state index contributed by atoms with van der Waals surface area (Å²) < 4.78 is 51.0. The molecule has 1 aromatic rings. The molecule has 0 saturated carbocycles. The maximum atomic E-state index is 13.2. The molecule has 0 amide bonds. The van der Waals surface area contributed by atoms with E-state index in [0.29, 0.717) is 5.56 Å². The minimum Gasteiger partial charge on any atom is -0.206 e. The molecule has 108 valence electrons. The Balaban J connectivity index is 2.73. The topological polar surface area (TPSA) is 0 Å². The summed E-state index contributed by atoms with van der Waals surface area (Å²) in [7, 11) is 0. The maximum Gasteiger partial charge on any atom is 0.419 e. The van der Waals surface area contributed by atoms with Gasteiger partial charge in [-0.15, -0.1) is 0 Å². The van der Waals surface area contributed by atoms with Gasteiger partial charge in [-0.2, -0.15) is 13.2 Å². The van der Waals surface area contributed by atoms with Gasteiger partial charge < -0.3 is 0 Å². The van der Waals surface area contributed by atoms with Gasteiger partial charge in [0.2, 0.25) is 0 Å². The average Bonchev–Trinajstić information content (AvgIpc) is 2.33. The predicted octanol–water partition coefficient (Wildman–Crippen LogP) is 5.92. The first-order chi connectivity index (χ1) is 8.86. The number of hydrogen-bond donors (Lipinski definition) is 0. The highest BCUT2D eigenvalue weighted by atomic mass is 19.4. The summed E-state index contributed by atoms with van der Waals surface area (Å²) in [6.07, 6.45) is 0.569. The summed E-state index contributed by atoms with van der Waals surface area (Å²) >= 11 is 0. The third-order valence-corrected chi connectivity index (χ3v) is 3.36. The zero-order valence-corrected chi connectivity index (χ0v) is 11.4. The summed E-state index contributed by atoms with van der Waals surface area (Å²) in [6, 6.07) is 3.32. The molecular formula is C15H20F4. The minimum absolute atomic E-state index is 0.0264. The fourth-order valence-corrected chi connectivity index (χ4v) is 2.11. The van der Waals surface area contributed by atoms with Gasteiger partial charge in [0.1, 0.15) is 5.82 Å². The van der Waals surface area contributed by atoms with Crippen molar-refractivity contribution in [2.24, 2.45) is 0 Å². The molecule has 0 radical (unpaired) electrons. The van der Waals surface area contributed by atoms with E-state index in [1.807, 2.05) is 6.92 Å². The Morgan fingerprint density at radius 3 is 2.37 bits per heavy atom. The Kier molecular flexibility index (Phi) is 5.83. The van der Waals surface area contributed by atoms with Gasteiger partial charge in [0.25, 0.3) is 0 Å². The lowest BCUT2D eigenvalue weighted by atomic mass is 9.93. The van der Waals surface area contributed by atoms with Crippen molar-refractivity contribution < 1.29 is 17.6 Å². The molecule has 0 aliphatic carbocycles. The largest absolute Gasteiger partial charge is 0.419 e. The van der Waals surface area contributed by atoms with Crippen LogP contribution in [0.1, 0.15) is 63.0 Å². The van der Waals surface area contributed by atoms with E-state index in [4.69, 9.17) is 0 Å². The van der Waals surface area contributed by atoms with Crippen LogP contribution in [-0.4, -0.2) is 0 Å². The van der Waals surface area contributed by atoms with Crippen molar-refractivity contribution in [1.82, 2.24) is 0 Å². The van der Waals surface area contributed by atoms with E-state index in [1.165, 1.54) is 6.07 Å². The first-order valence-electron chi connectivity index (χ1n) is 6.73. The van der Waals surface area contributed by atoms with Crippen LogP contribution in [0.3, 0.4) is 0 Å². The summed E-state index contributed by atoms with van der Waals surface area (Å²) in [5.74, 6) is -1.17. The zero-order valence-electron chi connectivity index (χ0n) is 11.4. The molecule has 0 nitrogen and oxygen atoms in total. The molecule has 0 heterocycles. The minimum atomic E-state index is -4.62. The highest BCUT2D eigenvalue weighted by molar-refractivity contribution is 5.29. The lowest BCUT2D eigenvalue weighted by Crippen LogP contribution is -2.09. The average molecular weight is 276 g/mol. The van der Waals surface area contributed by atoms with E-state index >= 15 is 0 Å². The number of hydrogen-bond acceptors (Lipinski definition) is 0. The quantitative estimate of drug-likeness (QED) is 0.447. The van der Waals surface area contributed by atoms with E-state index in [0.717, 1.165) is 44.2 Å². The Morgan fingerprint density at radius 1 is 1.11 bits per heavy atom. The summed E-state index contributed by atoms with van der Waals surface area (Å²) in [6.45, 7) is 4.00. The fourth-order valence-electron chi connectivity index (χ4n) is 2.11. The van der Waals surface area contributed by atoms with E-state index in [2.05, 4.69) is 6.92 Å². The molecule has 0 aromatic heterocycles. The lowest BCUT2D eigenvalue weighted by Gasteiger charge is -2.15. The monoisotopic (exact) mass is 276 g/mol. The molecule has 0 saturated heterocycles. The van der Waals surface area contributed by atoms with Crippen LogP contribution in [0.25, 0.3) is 0 Å². The second-order valence-electron chi connectivity index (χ2n) is 4.99. The number of alkyl halides is 3. The van der Waals surface area contributed by atoms with E-state index in [-0.39, 0.29) is 5.92 Å². The Labute approximate surface area is 111 Å². The van der Waals surface area contributed by atoms with Crippen molar-refractivity contribution in [3.05, 3.63) is 35.1 Å². The standard InChI is InChI=1S/C15H20F4/c1-3-4-5-6-7-11(2)12-8-9-14(16)13(10-12)15(17,18)19/h8-11H,3-7H2,1-2H3. The van der Waals surface area contributed by atoms with Crippen molar-refractivity contribution in [2.45, 2.75) is 58.0 Å².